The second kappa shape index (κ2) is 6.68. The van der Waals surface area contributed by atoms with E-state index in [1.807, 2.05) is 37.8 Å². The standard InChI is InChI=1S/C16H22N4O/c1-4-14(11-17)19-7-9-20(10-8-19)16(21)15-6-5-12(2)18-13(15)3/h5-6,14H,4,7-10H2,1-3H3. The molecule has 2 rings (SSSR count). The molecule has 0 aliphatic carbocycles. The molecule has 1 saturated heterocycles. The number of piperazine rings is 1. The Labute approximate surface area is 126 Å². The number of carbonyl (C=O) groups is 1. The van der Waals surface area contributed by atoms with Gasteiger partial charge in [0.2, 0.25) is 0 Å². The number of amides is 1. The van der Waals surface area contributed by atoms with E-state index in [9.17, 15) is 4.79 Å². The average Bonchev–Trinajstić information content (AvgIpc) is 2.48. The number of aryl methyl sites for hydroxylation is 2. The Morgan fingerprint density at radius 2 is 2.00 bits per heavy atom. The second-order valence-electron chi connectivity index (χ2n) is 5.47. The van der Waals surface area contributed by atoms with Gasteiger partial charge in [0.1, 0.15) is 0 Å². The highest BCUT2D eigenvalue weighted by molar-refractivity contribution is 5.95. The van der Waals surface area contributed by atoms with E-state index in [4.69, 9.17) is 5.26 Å². The van der Waals surface area contributed by atoms with Gasteiger partial charge in [-0.15, -0.1) is 0 Å². The molecule has 1 aromatic heterocycles. The van der Waals surface area contributed by atoms with Crippen LogP contribution in [0.4, 0.5) is 0 Å². The molecular weight excluding hydrogens is 264 g/mol. The molecule has 0 N–H and O–H groups in total. The van der Waals surface area contributed by atoms with Crippen molar-refractivity contribution in [3.8, 4) is 6.07 Å². The molecule has 1 aliphatic rings. The quantitative estimate of drug-likeness (QED) is 0.849. The normalized spacial score (nSPS) is 17.3. The molecule has 5 heteroatoms. The van der Waals surface area contributed by atoms with Crippen molar-refractivity contribution in [2.75, 3.05) is 26.2 Å². The van der Waals surface area contributed by atoms with Gasteiger partial charge in [-0.1, -0.05) is 6.92 Å². The molecule has 21 heavy (non-hydrogen) atoms. The SMILES string of the molecule is CCC(C#N)N1CCN(C(=O)c2ccc(C)nc2C)CC1. The molecule has 0 spiro atoms. The summed E-state index contributed by atoms with van der Waals surface area (Å²) in [5, 5.41) is 9.11. The largest absolute Gasteiger partial charge is 0.336 e. The van der Waals surface area contributed by atoms with Crippen LogP contribution in [0.2, 0.25) is 0 Å². The van der Waals surface area contributed by atoms with E-state index in [2.05, 4.69) is 16.0 Å². The second-order valence-corrected chi connectivity index (χ2v) is 5.47. The van der Waals surface area contributed by atoms with Crippen LogP contribution in [0, 0.1) is 25.2 Å². The maximum atomic E-state index is 12.5. The van der Waals surface area contributed by atoms with Gasteiger partial charge in [0.05, 0.1) is 23.4 Å². The molecule has 2 heterocycles. The van der Waals surface area contributed by atoms with Crippen molar-refractivity contribution in [1.29, 1.82) is 5.26 Å². The fraction of sp³-hybridized carbons (Fsp3) is 0.562. The molecule has 0 saturated carbocycles. The minimum atomic E-state index is -0.0370. The summed E-state index contributed by atoms with van der Waals surface area (Å²) in [5.74, 6) is 0.0460. The summed E-state index contributed by atoms with van der Waals surface area (Å²) in [6.45, 7) is 8.68. The highest BCUT2D eigenvalue weighted by Gasteiger charge is 2.26. The van der Waals surface area contributed by atoms with Gasteiger partial charge in [-0.2, -0.15) is 5.26 Å². The van der Waals surface area contributed by atoms with Crippen LogP contribution < -0.4 is 0 Å². The van der Waals surface area contributed by atoms with Crippen molar-refractivity contribution >= 4 is 5.91 Å². The van der Waals surface area contributed by atoms with Crippen molar-refractivity contribution in [2.45, 2.75) is 33.2 Å². The van der Waals surface area contributed by atoms with Gasteiger partial charge in [-0.3, -0.25) is 14.7 Å². The minimum Gasteiger partial charge on any atom is -0.336 e. The summed E-state index contributed by atoms with van der Waals surface area (Å²) in [6.07, 6.45) is 0.825. The Balaban J connectivity index is 2.02. The van der Waals surface area contributed by atoms with Gasteiger partial charge in [0.15, 0.2) is 0 Å². The summed E-state index contributed by atoms with van der Waals surface area (Å²) < 4.78 is 0. The molecular formula is C16H22N4O. The average molecular weight is 286 g/mol. The predicted molar refractivity (Wildman–Crippen MR) is 80.9 cm³/mol. The van der Waals surface area contributed by atoms with Crippen molar-refractivity contribution in [2.24, 2.45) is 0 Å². The number of nitrogens with zero attached hydrogens (tertiary/aromatic N) is 4. The van der Waals surface area contributed by atoms with E-state index >= 15 is 0 Å². The van der Waals surface area contributed by atoms with Crippen LogP contribution >= 0.6 is 0 Å². The molecule has 1 unspecified atom stereocenters. The van der Waals surface area contributed by atoms with E-state index < -0.39 is 0 Å². The smallest absolute Gasteiger partial charge is 0.255 e. The zero-order valence-corrected chi connectivity index (χ0v) is 13.0. The van der Waals surface area contributed by atoms with Gasteiger partial charge >= 0.3 is 0 Å². The molecule has 5 nitrogen and oxygen atoms in total. The van der Waals surface area contributed by atoms with Crippen LogP contribution in [0.5, 0.6) is 0 Å². The summed E-state index contributed by atoms with van der Waals surface area (Å²) in [6, 6.07) is 6.02. The molecule has 112 valence electrons. The molecule has 1 amide bonds. The van der Waals surface area contributed by atoms with Gasteiger partial charge in [0.25, 0.3) is 5.91 Å². The number of hydrogen-bond acceptors (Lipinski definition) is 4. The fourth-order valence-corrected chi connectivity index (χ4v) is 2.75. The summed E-state index contributed by atoms with van der Waals surface area (Å²) in [4.78, 5) is 20.9. The third kappa shape index (κ3) is 3.40. The Hall–Kier alpha value is -1.93. The van der Waals surface area contributed by atoms with Gasteiger partial charge in [0, 0.05) is 31.9 Å². The van der Waals surface area contributed by atoms with Crippen LogP contribution in [0.25, 0.3) is 0 Å². The summed E-state index contributed by atoms with van der Waals surface area (Å²) >= 11 is 0. The lowest BCUT2D eigenvalue weighted by Gasteiger charge is -2.36. The highest BCUT2D eigenvalue weighted by atomic mass is 16.2. The Kier molecular flexibility index (Phi) is 4.92. The van der Waals surface area contributed by atoms with Crippen LogP contribution in [0.1, 0.15) is 35.1 Å². The monoisotopic (exact) mass is 286 g/mol. The number of pyridine rings is 1. The molecule has 1 atom stereocenters. The van der Waals surface area contributed by atoms with Gasteiger partial charge in [-0.05, 0) is 32.4 Å². The fourth-order valence-electron chi connectivity index (χ4n) is 2.75. The zero-order chi connectivity index (χ0) is 15.4. The first-order valence-electron chi connectivity index (χ1n) is 7.44. The minimum absolute atomic E-state index is 0.0370. The summed E-state index contributed by atoms with van der Waals surface area (Å²) in [7, 11) is 0. The van der Waals surface area contributed by atoms with Gasteiger partial charge in [-0.25, -0.2) is 0 Å². The lowest BCUT2D eigenvalue weighted by Crippen LogP contribution is -2.51. The first-order valence-corrected chi connectivity index (χ1v) is 7.44. The maximum absolute atomic E-state index is 12.5. The third-order valence-corrected chi connectivity index (χ3v) is 4.03. The first-order chi connectivity index (χ1) is 10.1. The third-order valence-electron chi connectivity index (χ3n) is 4.03. The van der Waals surface area contributed by atoms with Crippen LogP contribution in [0.3, 0.4) is 0 Å². The van der Waals surface area contributed by atoms with Crippen molar-refractivity contribution < 1.29 is 4.79 Å². The number of carbonyl (C=O) groups excluding carboxylic acids is 1. The summed E-state index contributed by atoms with van der Waals surface area (Å²) in [5.41, 5.74) is 2.39. The van der Waals surface area contributed by atoms with E-state index in [1.165, 1.54) is 0 Å². The molecule has 1 aliphatic heterocycles. The lowest BCUT2D eigenvalue weighted by atomic mass is 10.1. The van der Waals surface area contributed by atoms with Gasteiger partial charge < -0.3 is 4.90 Å². The Morgan fingerprint density at radius 1 is 1.33 bits per heavy atom. The van der Waals surface area contributed by atoms with Crippen molar-refractivity contribution in [1.82, 2.24) is 14.8 Å². The molecule has 0 bridgehead atoms. The van der Waals surface area contributed by atoms with Crippen LogP contribution in [-0.2, 0) is 0 Å². The molecule has 1 aromatic rings. The van der Waals surface area contributed by atoms with Crippen LogP contribution in [-0.4, -0.2) is 52.9 Å². The lowest BCUT2D eigenvalue weighted by molar-refractivity contribution is 0.0603. The predicted octanol–water partition coefficient (Wildman–Crippen LogP) is 1.76. The van der Waals surface area contributed by atoms with E-state index in [1.54, 1.807) is 0 Å². The van der Waals surface area contributed by atoms with E-state index in [0.717, 1.165) is 30.9 Å². The van der Waals surface area contributed by atoms with E-state index in [0.29, 0.717) is 18.7 Å². The van der Waals surface area contributed by atoms with Crippen molar-refractivity contribution in [3.63, 3.8) is 0 Å². The topological polar surface area (TPSA) is 60.2 Å². The molecule has 0 radical (unpaired) electrons. The van der Waals surface area contributed by atoms with Crippen LogP contribution in [0.15, 0.2) is 12.1 Å². The maximum Gasteiger partial charge on any atom is 0.255 e. The molecule has 1 fully saturated rings. The Bertz CT molecular complexity index is 556. The van der Waals surface area contributed by atoms with E-state index in [-0.39, 0.29) is 11.9 Å². The number of aromatic nitrogens is 1. The number of rotatable bonds is 3. The number of hydrogen-bond donors (Lipinski definition) is 0. The Morgan fingerprint density at radius 3 is 2.52 bits per heavy atom. The highest BCUT2D eigenvalue weighted by Crippen LogP contribution is 2.14. The molecule has 0 aromatic carbocycles. The van der Waals surface area contributed by atoms with Crippen molar-refractivity contribution in [3.05, 3.63) is 29.1 Å². The zero-order valence-electron chi connectivity index (χ0n) is 13.0. The number of nitriles is 1. The first kappa shape index (κ1) is 15.5.